The summed E-state index contributed by atoms with van der Waals surface area (Å²) in [5.74, 6) is -0.975. The maximum Gasteiger partial charge on any atom is 0.573 e. The minimum Gasteiger partial charge on any atom is -0.484 e. The lowest BCUT2D eigenvalue weighted by Gasteiger charge is -2.10. The van der Waals surface area contributed by atoms with E-state index in [1.54, 1.807) is 11.3 Å². The van der Waals surface area contributed by atoms with Gasteiger partial charge < -0.3 is 24.5 Å². The second-order valence-corrected chi connectivity index (χ2v) is 7.33. The average Bonchev–Trinajstić information content (AvgIpc) is 3.43. The molecule has 0 aliphatic rings. The molecule has 0 unspecified atom stereocenters. The fraction of sp³-hybridized carbons (Fsp3) is 0.250. The largest absolute Gasteiger partial charge is 0.573 e. The van der Waals surface area contributed by atoms with Crippen LogP contribution in [-0.2, 0) is 17.8 Å². The van der Waals surface area contributed by atoms with Crippen LogP contribution >= 0.6 is 11.3 Å². The van der Waals surface area contributed by atoms with Gasteiger partial charge in [0.2, 0.25) is 5.89 Å². The van der Waals surface area contributed by atoms with E-state index < -0.39 is 18.0 Å². The van der Waals surface area contributed by atoms with Crippen molar-refractivity contribution in [2.75, 3.05) is 13.2 Å². The summed E-state index contributed by atoms with van der Waals surface area (Å²) in [6, 6.07) is 8.54. The maximum atomic E-state index is 12.1. The number of nitrogens with zero attached hydrogens (tertiary/aromatic N) is 1. The van der Waals surface area contributed by atoms with Crippen LogP contribution in [0.1, 0.15) is 21.3 Å². The zero-order valence-corrected chi connectivity index (χ0v) is 17.3. The number of alkyl halides is 3. The first-order chi connectivity index (χ1) is 15.3. The van der Waals surface area contributed by atoms with Crippen LogP contribution in [0.5, 0.6) is 11.5 Å². The predicted octanol–water partition coefficient (Wildman–Crippen LogP) is 3.30. The van der Waals surface area contributed by atoms with Gasteiger partial charge in [-0.3, -0.25) is 9.59 Å². The van der Waals surface area contributed by atoms with E-state index in [9.17, 15) is 22.8 Å². The molecule has 0 saturated carbocycles. The number of aromatic nitrogens is 1. The van der Waals surface area contributed by atoms with Crippen LogP contribution in [0, 0.1) is 0 Å². The van der Waals surface area contributed by atoms with Crippen LogP contribution < -0.4 is 20.1 Å². The van der Waals surface area contributed by atoms with Gasteiger partial charge in [-0.05, 0) is 42.1 Å². The lowest BCUT2D eigenvalue weighted by atomic mass is 10.3. The highest BCUT2D eigenvalue weighted by Crippen LogP contribution is 2.24. The molecule has 0 bridgehead atoms. The highest BCUT2D eigenvalue weighted by molar-refractivity contribution is 7.09. The Kier molecular flexibility index (Phi) is 7.71. The molecule has 32 heavy (non-hydrogen) atoms. The zero-order valence-electron chi connectivity index (χ0n) is 16.5. The Morgan fingerprint density at radius 3 is 2.53 bits per heavy atom. The molecule has 170 valence electrons. The molecule has 8 nitrogen and oxygen atoms in total. The lowest BCUT2D eigenvalue weighted by molar-refractivity contribution is -0.274. The summed E-state index contributed by atoms with van der Waals surface area (Å²) in [6.07, 6.45) is -2.88. The summed E-state index contributed by atoms with van der Waals surface area (Å²) in [5, 5.41) is 7.20. The smallest absolute Gasteiger partial charge is 0.484 e. The topological polar surface area (TPSA) is 103 Å². The Morgan fingerprint density at radius 2 is 1.84 bits per heavy atom. The van der Waals surface area contributed by atoms with Gasteiger partial charge in [0, 0.05) is 11.4 Å². The van der Waals surface area contributed by atoms with Gasteiger partial charge >= 0.3 is 6.36 Å². The monoisotopic (exact) mass is 469 g/mol. The number of carbonyl (C=O) groups excluding carboxylic acids is 2. The number of thiophene rings is 1. The standard InChI is InChI=1S/C20H18F3N3O5S/c21-20(22,23)31-14-5-3-13(4-6-14)29-12-17(27)25-10-18-26-16(11-30-18)19(28)24-8-7-15-2-1-9-32-15/h1-6,9,11H,7-8,10,12H2,(H,24,28)(H,25,27). The molecule has 0 aliphatic carbocycles. The molecule has 2 heterocycles. The molecule has 1 aromatic carbocycles. The van der Waals surface area contributed by atoms with E-state index >= 15 is 0 Å². The summed E-state index contributed by atoms with van der Waals surface area (Å²) < 4.78 is 50.5. The number of oxazole rings is 1. The first-order valence-electron chi connectivity index (χ1n) is 9.29. The lowest BCUT2D eigenvalue weighted by Crippen LogP contribution is -2.29. The number of carbonyl (C=O) groups is 2. The molecule has 0 saturated heterocycles. The predicted molar refractivity (Wildman–Crippen MR) is 107 cm³/mol. The molecular formula is C20H18F3N3O5S. The fourth-order valence-corrected chi connectivity index (χ4v) is 3.16. The summed E-state index contributed by atoms with van der Waals surface area (Å²) in [7, 11) is 0. The van der Waals surface area contributed by atoms with Gasteiger partial charge in [0.15, 0.2) is 12.3 Å². The van der Waals surface area contributed by atoms with Crippen molar-refractivity contribution in [1.82, 2.24) is 15.6 Å². The molecule has 0 fully saturated rings. The third-order valence-corrected chi connectivity index (χ3v) is 4.82. The van der Waals surface area contributed by atoms with Crippen molar-refractivity contribution in [3.05, 3.63) is 64.5 Å². The number of nitrogens with one attached hydrogen (secondary N) is 2. The van der Waals surface area contributed by atoms with Gasteiger partial charge in [-0.2, -0.15) is 0 Å². The van der Waals surface area contributed by atoms with Crippen molar-refractivity contribution in [1.29, 1.82) is 0 Å². The van der Waals surface area contributed by atoms with E-state index in [2.05, 4.69) is 20.4 Å². The first kappa shape index (κ1) is 23.1. The third-order valence-electron chi connectivity index (χ3n) is 3.89. The Labute approximate surface area is 184 Å². The number of hydrogen-bond acceptors (Lipinski definition) is 7. The van der Waals surface area contributed by atoms with Crippen LogP contribution in [0.25, 0.3) is 0 Å². The number of halogens is 3. The van der Waals surface area contributed by atoms with Crippen molar-refractivity contribution < 1.29 is 36.7 Å². The number of hydrogen-bond donors (Lipinski definition) is 2. The number of rotatable bonds is 10. The molecule has 0 aliphatic heterocycles. The highest BCUT2D eigenvalue weighted by Gasteiger charge is 2.31. The van der Waals surface area contributed by atoms with Crippen molar-refractivity contribution >= 4 is 23.2 Å². The van der Waals surface area contributed by atoms with Crippen molar-refractivity contribution in [2.24, 2.45) is 0 Å². The minimum atomic E-state index is -4.78. The Balaban J connectivity index is 1.37. The second kappa shape index (κ2) is 10.7. The van der Waals surface area contributed by atoms with E-state index in [1.807, 2.05) is 17.5 Å². The molecule has 3 rings (SSSR count). The van der Waals surface area contributed by atoms with Crippen LogP contribution in [0.4, 0.5) is 13.2 Å². The van der Waals surface area contributed by atoms with Gasteiger partial charge in [0.05, 0.1) is 6.54 Å². The Bertz CT molecular complexity index is 1020. The second-order valence-electron chi connectivity index (χ2n) is 6.30. The van der Waals surface area contributed by atoms with Crippen LogP contribution in [-0.4, -0.2) is 36.3 Å². The molecule has 0 radical (unpaired) electrons. The quantitative estimate of drug-likeness (QED) is 0.472. The maximum absolute atomic E-state index is 12.1. The van der Waals surface area contributed by atoms with Crippen molar-refractivity contribution in [2.45, 2.75) is 19.3 Å². The normalized spacial score (nSPS) is 11.1. The molecule has 2 N–H and O–H groups in total. The van der Waals surface area contributed by atoms with E-state index in [1.165, 1.54) is 18.4 Å². The van der Waals surface area contributed by atoms with E-state index in [0.29, 0.717) is 13.0 Å². The number of benzene rings is 1. The summed E-state index contributed by atoms with van der Waals surface area (Å²) in [5.41, 5.74) is 0.0952. The van der Waals surface area contributed by atoms with Crippen LogP contribution in [0.3, 0.4) is 0 Å². The van der Waals surface area contributed by atoms with E-state index in [-0.39, 0.29) is 36.4 Å². The zero-order chi connectivity index (χ0) is 23.0. The van der Waals surface area contributed by atoms with Crippen LogP contribution in [0.2, 0.25) is 0 Å². The number of amides is 2. The summed E-state index contributed by atoms with van der Waals surface area (Å²) >= 11 is 1.61. The molecule has 0 spiro atoms. The fourth-order valence-electron chi connectivity index (χ4n) is 2.45. The van der Waals surface area contributed by atoms with Gasteiger partial charge in [0.25, 0.3) is 11.8 Å². The summed E-state index contributed by atoms with van der Waals surface area (Å²) in [6.45, 7) is 0.0121. The van der Waals surface area contributed by atoms with Crippen molar-refractivity contribution in [3.8, 4) is 11.5 Å². The van der Waals surface area contributed by atoms with Crippen LogP contribution in [0.15, 0.2) is 52.5 Å². The molecule has 0 atom stereocenters. The number of ether oxygens (including phenoxy) is 2. The Morgan fingerprint density at radius 1 is 1.09 bits per heavy atom. The van der Waals surface area contributed by atoms with Gasteiger partial charge in [-0.25, -0.2) is 4.98 Å². The SMILES string of the molecule is O=C(COc1ccc(OC(F)(F)F)cc1)NCc1nc(C(=O)NCCc2cccs2)co1. The first-order valence-corrected chi connectivity index (χ1v) is 10.2. The minimum absolute atomic E-state index is 0.0664. The third kappa shape index (κ3) is 7.61. The van der Waals surface area contributed by atoms with Gasteiger partial charge in [-0.1, -0.05) is 6.07 Å². The Hall–Kier alpha value is -3.54. The molecule has 3 aromatic rings. The molecule has 2 aromatic heterocycles. The molecular weight excluding hydrogens is 451 g/mol. The highest BCUT2D eigenvalue weighted by atomic mass is 32.1. The van der Waals surface area contributed by atoms with E-state index in [4.69, 9.17) is 9.15 Å². The average molecular weight is 469 g/mol. The molecule has 12 heteroatoms. The van der Waals surface area contributed by atoms with Gasteiger partial charge in [0.1, 0.15) is 17.8 Å². The summed E-state index contributed by atoms with van der Waals surface area (Å²) in [4.78, 5) is 29.1. The molecule has 2 amide bonds. The van der Waals surface area contributed by atoms with Crippen molar-refractivity contribution in [3.63, 3.8) is 0 Å². The van der Waals surface area contributed by atoms with E-state index in [0.717, 1.165) is 17.0 Å². The van der Waals surface area contributed by atoms with Gasteiger partial charge in [-0.15, -0.1) is 24.5 Å².